The number of alkyl halides is 1. The molecule has 0 aromatic heterocycles. The predicted octanol–water partition coefficient (Wildman–Crippen LogP) is 2.46. The van der Waals surface area contributed by atoms with Gasteiger partial charge in [0.15, 0.2) is 0 Å². The molecule has 0 bridgehead atoms. The summed E-state index contributed by atoms with van der Waals surface area (Å²) >= 11 is 6.19. The van der Waals surface area contributed by atoms with Crippen LogP contribution in [0.2, 0.25) is 0 Å². The van der Waals surface area contributed by atoms with Crippen LogP contribution >= 0.6 is 11.6 Å². The van der Waals surface area contributed by atoms with Crippen LogP contribution in [0.1, 0.15) is 40.5 Å². The predicted molar refractivity (Wildman–Crippen MR) is 75.0 cm³/mol. The van der Waals surface area contributed by atoms with Crippen molar-refractivity contribution in [1.82, 2.24) is 4.90 Å². The number of carbonyl (C=O) groups excluding carboxylic acids is 2. The van der Waals surface area contributed by atoms with Crippen molar-refractivity contribution in [3.63, 3.8) is 0 Å². The molecule has 0 aliphatic carbocycles. The highest BCUT2D eigenvalue weighted by molar-refractivity contribution is 6.21. The monoisotopic (exact) mass is 293 g/mol. The molecule has 3 atom stereocenters. The van der Waals surface area contributed by atoms with Crippen molar-refractivity contribution in [3.05, 3.63) is 35.4 Å². The number of amides is 2. The zero-order valence-electron chi connectivity index (χ0n) is 11.2. The van der Waals surface area contributed by atoms with Gasteiger partial charge in [-0.15, -0.1) is 11.6 Å². The minimum absolute atomic E-state index is 0.0407. The minimum Gasteiger partial charge on any atom is -0.373 e. The second-order valence-corrected chi connectivity index (χ2v) is 6.02. The number of rotatable bonds is 2. The van der Waals surface area contributed by atoms with Crippen molar-refractivity contribution in [1.29, 1.82) is 0 Å². The number of benzene rings is 1. The van der Waals surface area contributed by atoms with Gasteiger partial charge >= 0.3 is 0 Å². The minimum atomic E-state index is -0.237. The van der Waals surface area contributed by atoms with Crippen LogP contribution in [-0.2, 0) is 4.74 Å². The Bertz CT molecular complexity index is 515. The zero-order valence-corrected chi connectivity index (χ0v) is 12.0. The van der Waals surface area contributed by atoms with Crippen molar-refractivity contribution in [3.8, 4) is 0 Å². The van der Waals surface area contributed by atoms with Gasteiger partial charge in [0.1, 0.15) is 0 Å². The molecule has 2 heterocycles. The lowest BCUT2D eigenvalue weighted by molar-refractivity contribution is -0.0463. The third-order valence-electron chi connectivity index (χ3n) is 3.80. The fourth-order valence-corrected chi connectivity index (χ4v) is 3.36. The summed E-state index contributed by atoms with van der Waals surface area (Å²) < 4.78 is 5.78. The molecule has 2 aliphatic rings. The normalized spacial score (nSPS) is 29.7. The van der Waals surface area contributed by atoms with Gasteiger partial charge in [-0.3, -0.25) is 14.5 Å². The average molecular weight is 294 g/mol. The van der Waals surface area contributed by atoms with E-state index in [2.05, 4.69) is 0 Å². The fraction of sp³-hybridized carbons (Fsp3) is 0.467. The molecule has 1 aromatic rings. The van der Waals surface area contributed by atoms with Gasteiger partial charge in [0.2, 0.25) is 0 Å². The molecule has 106 valence electrons. The SMILES string of the molecule is C[C@@H]1CC(Cl)C[C@H](CN2C(=O)c3ccccc3C2=O)O1. The van der Waals surface area contributed by atoms with Crippen LogP contribution in [-0.4, -0.2) is 40.8 Å². The molecule has 2 aliphatic heterocycles. The van der Waals surface area contributed by atoms with E-state index in [4.69, 9.17) is 16.3 Å². The third kappa shape index (κ3) is 2.34. The molecule has 1 saturated heterocycles. The molecule has 2 amide bonds. The van der Waals surface area contributed by atoms with Gasteiger partial charge in [0.25, 0.3) is 11.8 Å². The van der Waals surface area contributed by atoms with Crippen LogP contribution in [0.5, 0.6) is 0 Å². The lowest BCUT2D eigenvalue weighted by Gasteiger charge is -2.32. The summed E-state index contributed by atoms with van der Waals surface area (Å²) in [6.07, 6.45) is 1.36. The highest BCUT2D eigenvalue weighted by Gasteiger charge is 2.38. The van der Waals surface area contributed by atoms with Gasteiger partial charge in [-0.05, 0) is 31.9 Å². The number of imide groups is 1. The number of nitrogens with zero attached hydrogens (tertiary/aromatic N) is 1. The topological polar surface area (TPSA) is 46.6 Å². The Morgan fingerprint density at radius 3 is 2.35 bits per heavy atom. The smallest absolute Gasteiger partial charge is 0.261 e. The van der Waals surface area contributed by atoms with Crippen LogP contribution in [0, 0.1) is 0 Å². The van der Waals surface area contributed by atoms with E-state index in [9.17, 15) is 9.59 Å². The molecule has 0 spiro atoms. The molecule has 3 rings (SSSR count). The lowest BCUT2D eigenvalue weighted by atomic mass is 10.0. The quantitative estimate of drug-likeness (QED) is 0.621. The maximum absolute atomic E-state index is 12.3. The van der Waals surface area contributed by atoms with E-state index in [0.717, 1.165) is 6.42 Å². The van der Waals surface area contributed by atoms with Gasteiger partial charge < -0.3 is 4.74 Å². The van der Waals surface area contributed by atoms with Crippen LogP contribution < -0.4 is 0 Å². The Morgan fingerprint density at radius 1 is 1.20 bits per heavy atom. The third-order valence-corrected chi connectivity index (χ3v) is 4.15. The molecule has 20 heavy (non-hydrogen) atoms. The van der Waals surface area contributed by atoms with Crippen LogP contribution in [0.25, 0.3) is 0 Å². The second kappa shape index (κ2) is 5.19. The van der Waals surface area contributed by atoms with Gasteiger partial charge in [0, 0.05) is 5.38 Å². The molecule has 0 saturated carbocycles. The van der Waals surface area contributed by atoms with Crippen LogP contribution in [0.3, 0.4) is 0 Å². The van der Waals surface area contributed by atoms with Gasteiger partial charge in [-0.1, -0.05) is 12.1 Å². The highest BCUT2D eigenvalue weighted by atomic mass is 35.5. The van der Waals surface area contributed by atoms with Crippen molar-refractivity contribution in [2.75, 3.05) is 6.54 Å². The second-order valence-electron chi connectivity index (χ2n) is 5.40. The summed E-state index contributed by atoms with van der Waals surface area (Å²) in [5.74, 6) is -0.475. The number of ether oxygens (including phenoxy) is 1. The van der Waals surface area contributed by atoms with E-state index >= 15 is 0 Å². The highest BCUT2D eigenvalue weighted by Crippen LogP contribution is 2.27. The maximum atomic E-state index is 12.3. The van der Waals surface area contributed by atoms with Gasteiger partial charge in [-0.25, -0.2) is 0 Å². The number of halogens is 1. The Balaban J connectivity index is 1.76. The number of fused-ring (bicyclic) bond motifs is 1. The van der Waals surface area contributed by atoms with E-state index < -0.39 is 0 Å². The average Bonchev–Trinajstić information content (AvgIpc) is 2.64. The van der Waals surface area contributed by atoms with Crippen molar-refractivity contribution in [2.24, 2.45) is 0 Å². The molecule has 5 heteroatoms. The number of hydrogen-bond acceptors (Lipinski definition) is 3. The van der Waals surface area contributed by atoms with E-state index in [1.54, 1.807) is 24.3 Å². The Labute approximate surface area is 122 Å². The van der Waals surface area contributed by atoms with Gasteiger partial charge in [-0.2, -0.15) is 0 Å². The molecule has 1 aromatic carbocycles. The Kier molecular flexibility index (Phi) is 3.52. The largest absolute Gasteiger partial charge is 0.373 e. The van der Waals surface area contributed by atoms with Gasteiger partial charge in [0.05, 0.1) is 29.9 Å². The van der Waals surface area contributed by atoms with E-state index in [1.807, 2.05) is 6.92 Å². The molecule has 1 unspecified atom stereocenters. The number of carbonyl (C=O) groups is 2. The van der Waals surface area contributed by atoms with Crippen molar-refractivity contribution in [2.45, 2.75) is 37.4 Å². The molecule has 0 radical (unpaired) electrons. The zero-order chi connectivity index (χ0) is 14.3. The molecule has 0 N–H and O–H groups in total. The first-order valence-electron chi connectivity index (χ1n) is 6.81. The first-order chi connectivity index (χ1) is 9.56. The summed E-state index contributed by atoms with van der Waals surface area (Å²) in [4.78, 5) is 25.8. The maximum Gasteiger partial charge on any atom is 0.261 e. The van der Waals surface area contributed by atoms with E-state index in [-0.39, 0.29) is 35.9 Å². The Hall–Kier alpha value is -1.39. The molecule has 1 fully saturated rings. The van der Waals surface area contributed by atoms with E-state index in [0.29, 0.717) is 17.5 Å². The standard InChI is InChI=1S/C15H16ClNO3/c1-9-6-10(16)7-11(20-9)8-17-14(18)12-4-2-3-5-13(12)15(17)19/h2-5,9-11H,6-8H2,1H3/t9-,10?,11-/m1/s1. The molecular weight excluding hydrogens is 278 g/mol. The van der Waals surface area contributed by atoms with E-state index in [1.165, 1.54) is 4.90 Å². The first kappa shape index (κ1) is 13.6. The van der Waals surface area contributed by atoms with Crippen molar-refractivity contribution >= 4 is 23.4 Å². The molecular formula is C15H16ClNO3. The summed E-state index contributed by atoms with van der Waals surface area (Å²) in [5, 5.41) is 0.0407. The fourth-order valence-electron chi connectivity index (χ4n) is 2.91. The summed E-state index contributed by atoms with van der Waals surface area (Å²) in [5.41, 5.74) is 0.951. The van der Waals surface area contributed by atoms with Crippen LogP contribution in [0.15, 0.2) is 24.3 Å². The summed E-state index contributed by atoms with van der Waals surface area (Å²) in [6, 6.07) is 6.90. The van der Waals surface area contributed by atoms with Crippen molar-refractivity contribution < 1.29 is 14.3 Å². The van der Waals surface area contributed by atoms with Crippen LogP contribution in [0.4, 0.5) is 0 Å². The summed E-state index contributed by atoms with van der Waals surface area (Å²) in [6.45, 7) is 2.24. The molecule has 4 nitrogen and oxygen atoms in total. The number of hydrogen-bond donors (Lipinski definition) is 0. The first-order valence-corrected chi connectivity index (χ1v) is 7.24. The summed E-state index contributed by atoms with van der Waals surface area (Å²) in [7, 11) is 0. The lowest BCUT2D eigenvalue weighted by Crippen LogP contribution is -2.43. The Morgan fingerprint density at radius 2 is 1.80 bits per heavy atom.